The first kappa shape index (κ1) is 7.79. The van der Waals surface area contributed by atoms with Gasteiger partial charge in [0.25, 0.3) is 0 Å². The highest BCUT2D eigenvalue weighted by Crippen LogP contribution is 2.26. The first-order chi connectivity index (χ1) is 6.75. The fourth-order valence-corrected chi connectivity index (χ4v) is 2.16. The second-order valence-corrected chi connectivity index (χ2v) is 3.83. The number of nitrogen functional groups attached to an aromatic ring is 1. The van der Waals surface area contributed by atoms with E-state index in [1.54, 1.807) is 4.68 Å². The summed E-state index contributed by atoms with van der Waals surface area (Å²) in [6, 6.07) is 2.15. The highest BCUT2D eigenvalue weighted by molar-refractivity contribution is 5.87. The van der Waals surface area contributed by atoms with Crippen molar-refractivity contribution in [1.29, 1.82) is 0 Å². The van der Waals surface area contributed by atoms with Gasteiger partial charge in [0, 0.05) is 12.7 Å². The van der Waals surface area contributed by atoms with Crippen molar-refractivity contribution < 1.29 is 0 Å². The Morgan fingerprint density at radius 2 is 2.29 bits per heavy atom. The average molecular weight is 188 g/mol. The third kappa shape index (κ3) is 0.880. The van der Waals surface area contributed by atoms with Gasteiger partial charge in [-0.1, -0.05) is 0 Å². The smallest absolute Gasteiger partial charge is 0.159 e. The van der Waals surface area contributed by atoms with Crippen molar-refractivity contribution in [3.63, 3.8) is 0 Å². The van der Waals surface area contributed by atoms with Crippen molar-refractivity contribution in [2.75, 3.05) is 5.73 Å². The minimum atomic E-state index is 0.588. The van der Waals surface area contributed by atoms with Gasteiger partial charge < -0.3 is 5.73 Å². The number of aryl methyl sites for hydroxylation is 3. The molecule has 0 aliphatic heterocycles. The molecule has 0 spiro atoms. The van der Waals surface area contributed by atoms with Gasteiger partial charge in [0.2, 0.25) is 0 Å². The zero-order chi connectivity index (χ0) is 9.71. The minimum absolute atomic E-state index is 0.588. The second-order valence-electron chi connectivity index (χ2n) is 3.83. The lowest BCUT2D eigenvalue weighted by Crippen LogP contribution is -1.95. The average Bonchev–Trinajstić information content (AvgIpc) is 2.70. The Labute approximate surface area is 81.7 Å². The quantitative estimate of drug-likeness (QED) is 0.672. The topological polar surface area (TPSA) is 56.7 Å². The number of hydrogen-bond acceptors (Lipinski definition) is 3. The molecule has 0 atom stereocenters. The summed E-state index contributed by atoms with van der Waals surface area (Å²) in [4.78, 5) is 4.60. The highest BCUT2D eigenvalue weighted by atomic mass is 15.3. The molecule has 4 nitrogen and oxygen atoms in total. The van der Waals surface area contributed by atoms with Gasteiger partial charge in [0.1, 0.15) is 0 Å². The Morgan fingerprint density at radius 3 is 3.14 bits per heavy atom. The van der Waals surface area contributed by atoms with E-state index < -0.39 is 0 Å². The minimum Gasteiger partial charge on any atom is -0.382 e. The van der Waals surface area contributed by atoms with Gasteiger partial charge in [-0.3, -0.25) is 0 Å². The molecule has 0 fully saturated rings. The zero-order valence-electron chi connectivity index (χ0n) is 8.12. The Balaban J connectivity index is 2.40. The van der Waals surface area contributed by atoms with Crippen LogP contribution >= 0.6 is 0 Å². The molecule has 14 heavy (non-hydrogen) atoms. The number of nitrogens with zero attached hydrogens (tertiary/aromatic N) is 3. The van der Waals surface area contributed by atoms with Crippen LogP contribution in [-0.2, 0) is 19.9 Å². The number of anilines is 1. The van der Waals surface area contributed by atoms with Gasteiger partial charge in [0.05, 0.1) is 5.39 Å². The van der Waals surface area contributed by atoms with E-state index in [-0.39, 0.29) is 0 Å². The van der Waals surface area contributed by atoms with Crippen LogP contribution in [0.1, 0.15) is 17.7 Å². The van der Waals surface area contributed by atoms with Gasteiger partial charge in [-0.15, -0.1) is 0 Å². The standard InChI is InChI=1S/C10H12N4/c1-14-10-7(9(11)13-14)5-6-3-2-4-8(6)12-10/h5H,2-4H2,1H3,(H2,11,13). The molecule has 2 aromatic rings. The van der Waals surface area contributed by atoms with Crippen molar-refractivity contribution in [2.45, 2.75) is 19.3 Å². The van der Waals surface area contributed by atoms with Crippen molar-refractivity contribution in [3.8, 4) is 0 Å². The van der Waals surface area contributed by atoms with Crippen molar-refractivity contribution in [2.24, 2.45) is 7.05 Å². The molecule has 4 heteroatoms. The van der Waals surface area contributed by atoms with Crippen molar-refractivity contribution in [1.82, 2.24) is 14.8 Å². The largest absolute Gasteiger partial charge is 0.382 e. The summed E-state index contributed by atoms with van der Waals surface area (Å²) in [7, 11) is 1.88. The van der Waals surface area contributed by atoms with Gasteiger partial charge in [-0.2, -0.15) is 5.10 Å². The molecule has 0 aromatic carbocycles. The van der Waals surface area contributed by atoms with Crippen LogP contribution in [0.3, 0.4) is 0 Å². The van der Waals surface area contributed by atoms with E-state index in [0.717, 1.165) is 23.9 Å². The first-order valence-electron chi connectivity index (χ1n) is 4.86. The molecule has 1 aliphatic carbocycles. The third-order valence-electron chi connectivity index (χ3n) is 2.87. The molecular weight excluding hydrogens is 176 g/mol. The van der Waals surface area contributed by atoms with Crippen LogP contribution in [0.5, 0.6) is 0 Å². The molecular formula is C10H12N4. The summed E-state index contributed by atoms with van der Waals surface area (Å²) in [5.41, 5.74) is 9.27. The number of fused-ring (bicyclic) bond motifs is 2. The lowest BCUT2D eigenvalue weighted by molar-refractivity contribution is 0.787. The number of nitrogens with two attached hydrogens (primary N) is 1. The monoisotopic (exact) mass is 188 g/mol. The lowest BCUT2D eigenvalue weighted by atomic mass is 10.2. The van der Waals surface area contributed by atoms with Gasteiger partial charge >= 0.3 is 0 Å². The number of pyridine rings is 1. The predicted molar refractivity (Wildman–Crippen MR) is 54.9 cm³/mol. The van der Waals surface area contributed by atoms with Crippen LogP contribution in [0.25, 0.3) is 11.0 Å². The van der Waals surface area contributed by atoms with E-state index in [9.17, 15) is 0 Å². The fourth-order valence-electron chi connectivity index (χ4n) is 2.16. The van der Waals surface area contributed by atoms with E-state index in [0.29, 0.717) is 5.82 Å². The van der Waals surface area contributed by atoms with Crippen molar-refractivity contribution in [3.05, 3.63) is 17.3 Å². The number of aromatic nitrogens is 3. The zero-order valence-corrected chi connectivity index (χ0v) is 8.12. The Hall–Kier alpha value is -1.58. The fraction of sp³-hybridized carbons (Fsp3) is 0.400. The molecule has 0 bridgehead atoms. The van der Waals surface area contributed by atoms with Gasteiger partial charge in [-0.05, 0) is 30.9 Å². The SMILES string of the molecule is Cn1nc(N)c2cc3c(nc21)CCC3. The molecule has 2 heterocycles. The van der Waals surface area contributed by atoms with Crippen LogP contribution in [0.15, 0.2) is 6.07 Å². The van der Waals surface area contributed by atoms with Crippen LogP contribution in [0.4, 0.5) is 5.82 Å². The van der Waals surface area contributed by atoms with E-state index >= 15 is 0 Å². The summed E-state index contributed by atoms with van der Waals surface area (Å²) >= 11 is 0. The molecule has 0 unspecified atom stereocenters. The Kier molecular flexibility index (Phi) is 1.37. The first-order valence-corrected chi connectivity index (χ1v) is 4.86. The van der Waals surface area contributed by atoms with Crippen LogP contribution < -0.4 is 5.73 Å². The molecule has 3 rings (SSSR count). The summed E-state index contributed by atoms with van der Waals surface area (Å²) in [6.45, 7) is 0. The molecule has 72 valence electrons. The molecule has 0 saturated carbocycles. The molecule has 2 aromatic heterocycles. The van der Waals surface area contributed by atoms with E-state index in [1.807, 2.05) is 7.05 Å². The molecule has 0 saturated heterocycles. The lowest BCUT2D eigenvalue weighted by Gasteiger charge is -1.99. The normalized spacial score (nSPS) is 14.9. The second kappa shape index (κ2) is 2.47. The summed E-state index contributed by atoms with van der Waals surface area (Å²) in [6.07, 6.45) is 3.44. The Bertz CT molecular complexity index is 468. The molecule has 0 radical (unpaired) electrons. The number of hydrogen-bond donors (Lipinski definition) is 1. The van der Waals surface area contributed by atoms with E-state index in [4.69, 9.17) is 5.73 Å². The van der Waals surface area contributed by atoms with E-state index in [1.165, 1.54) is 17.7 Å². The summed E-state index contributed by atoms with van der Waals surface area (Å²) in [5.74, 6) is 0.588. The highest BCUT2D eigenvalue weighted by Gasteiger charge is 2.16. The molecule has 2 N–H and O–H groups in total. The number of rotatable bonds is 0. The van der Waals surface area contributed by atoms with E-state index in [2.05, 4.69) is 16.1 Å². The summed E-state index contributed by atoms with van der Waals surface area (Å²) < 4.78 is 1.75. The Morgan fingerprint density at radius 1 is 1.43 bits per heavy atom. The van der Waals surface area contributed by atoms with Crippen LogP contribution in [0, 0.1) is 0 Å². The maximum atomic E-state index is 5.80. The summed E-state index contributed by atoms with van der Waals surface area (Å²) in [5, 5.41) is 5.16. The third-order valence-corrected chi connectivity index (χ3v) is 2.87. The van der Waals surface area contributed by atoms with Crippen molar-refractivity contribution >= 4 is 16.9 Å². The van der Waals surface area contributed by atoms with Gasteiger partial charge in [0.15, 0.2) is 11.5 Å². The van der Waals surface area contributed by atoms with Gasteiger partial charge in [-0.25, -0.2) is 9.67 Å². The van der Waals surface area contributed by atoms with Crippen LogP contribution in [0.2, 0.25) is 0 Å². The molecule has 1 aliphatic rings. The maximum absolute atomic E-state index is 5.80. The predicted octanol–water partition coefficient (Wildman–Crippen LogP) is 1.04. The van der Waals surface area contributed by atoms with Crippen LogP contribution in [-0.4, -0.2) is 14.8 Å². The molecule has 0 amide bonds. The maximum Gasteiger partial charge on any atom is 0.159 e.